The maximum Gasteiger partial charge on any atom is 0.277 e. The zero-order chi connectivity index (χ0) is 20.4. The Morgan fingerprint density at radius 3 is 2.83 bits per heavy atom. The molecule has 0 spiro atoms. The molecule has 29 heavy (non-hydrogen) atoms. The topological polar surface area (TPSA) is 93.5 Å². The number of anilines is 1. The first-order valence-electron chi connectivity index (χ1n) is 10.3. The Morgan fingerprint density at radius 1 is 1.21 bits per heavy atom. The number of aryl methyl sites for hydroxylation is 2. The van der Waals surface area contributed by atoms with Crippen LogP contribution < -0.4 is 10.6 Å². The van der Waals surface area contributed by atoms with Gasteiger partial charge in [0.05, 0.1) is 0 Å². The first-order chi connectivity index (χ1) is 14.0. The van der Waals surface area contributed by atoms with Gasteiger partial charge in [-0.05, 0) is 69.6 Å². The van der Waals surface area contributed by atoms with E-state index >= 15 is 0 Å². The number of ether oxygens (including phenoxy) is 1. The molecule has 0 unspecified atom stereocenters. The highest BCUT2D eigenvalue weighted by atomic mass is 16.5. The van der Waals surface area contributed by atoms with E-state index in [-0.39, 0.29) is 17.5 Å². The molecule has 1 aliphatic carbocycles. The summed E-state index contributed by atoms with van der Waals surface area (Å²) in [4.78, 5) is 29.5. The lowest BCUT2D eigenvalue weighted by molar-refractivity contribution is -0.130. The Balaban J connectivity index is 1.46. The smallest absolute Gasteiger partial charge is 0.277 e. The number of aromatic nitrogens is 1. The van der Waals surface area contributed by atoms with Crippen molar-refractivity contribution in [1.29, 1.82) is 0 Å². The second kappa shape index (κ2) is 8.37. The normalized spacial score (nSPS) is 19.4. The van der Waals surface area contributed by atoms with Crippen LogP contribution in [0.25, 0.3) is 0 Å². The van der Waals surface area contributed by atoms with Gasteiger partial charge in [0.25, 0.3) is 5.91 Å². The van der Waals surface area contributed by atoms with Crippen LogP contribution in [0.2, 0.25) is 0 Å². The molecular weight excluding hydrogens is 370 g/mol. The molecule has 2 atom stereocenters. The van der Waals surface area contributed by atoms with E-state index in [1.54, 1.807) is 13.8 Å². The molecule has 2 amide bonds. The molecule has 1 aliphatic heterocycles. The molecule has 4 rings (SSSR count). The van der Waals surface area contributed by atoms with Crippen LogP contribution in [0.1, 0.15) is 71.9 Å². The zero-order valence-corrected chi connectivity index (χ0v) is 16.9. The number of fused-ring (bicyclic) bond motifs is 1. The zero-order valence-electron chi connectivity index (χ0n) is 16.9. The van der Waals surface area contributed by atoms with Gasteiger partial charge >= 0.3 is 0 Å². The van der Waals surface area contributed by atoms with E-state index in [4.69, 9.17) is 9.15 Å². The number of oxazole rings is 1. The molecule has 1 saturated heterocycles. The third kappa shape index (κ3) is 4.19. The minimum absolute atomic E-state index is 0.173. The lowest BCUT2D eigenvalue weighted by atomic mass is 9.90. The Bertz CT molecular complexity index is 915. The molecule has 154 valence electrons. The molecule has 1 fully saturated rings. The van der Waals surface area contributed by atoms with Crippen LogP contribution in [0.15, 0.2) is 22.6 Å². The van der Waals surface area contributed by atoms with Gasteiger partial charge < -0.3 is 19.8 Å². The maximum absolute atomic E-state index is 12.8. The Kier molecular flexibility index (Phi) is 5.67. The lowest BCUT2D eigenvalue weighted by Gasteiger charge is -2.19. The predicted molar refractivity (Wildman–Crippen MR) is 108 cm³/mol. The van der Waals surface area contributed by atoms with Crippen LogP contribution in [-0.4, -0.2) is 29.5 Å². The van der Waals surface area contributed by atoms with Crippen molar-refractivity contribution in [2.45, 2.75) is 64.5 Å². The molecule has 2 heterocycles. The monoisotopic (exact) mass is 397 g/mol. The third-order valence-corrected chi connectivity index (χ3v) is 5.62. The summed E-state index contributed by atoms with van der Waals surface area (Å²) >= 11 is 0. The highest BCUT2D eigenvalue weighted by molar-refractivity contribution is 6.04. The van der Waals surface area contributed by atoms with E-state index < -0.39 is 12.1 Å². The Hall–Kier alpha value is -2.67. The van der Waals surface area contributed by atoms with Gasteiger partial charge in [-0.2, -0.15) is 0 Å². The minimum atomic E-state index is -0.448. The molecule has 0 bridgehead atoms. The van der Waals surface area contributed by atoms with E-state index in [2.05, 4.69) is 21.7 Å². The fourth-order valence-electron chi connectivity index (χ4n) is 4.05. The molecule has 0 radical (unpaired) electrons. The summed E-state index contributed by atoms with van der Waals surface area (Å²) in [6.07, 6.45) is 5.53. The van der Waals surface area contributed by atoms with Crippen LogP contribution in [-0.2, 0) is 22.4 Å². The van der Waals surface area contributed by atoms with Gasteiger partial charge in [0, 0.05) is 12.3 Å². The lowest BCUT2D eigenvalue weighted by Crippen LogP contribution is -2.36. The standard InChI is InChI=1S/C22H27N3O4/c1-13(23-20(26)18-11-6-12-28-18)22-25-19(14(2)29-22)21(27)24-17-10-5-8-15-7-3-4-9-16(15)17/h5,8,10,13,18H,3-4,6-7,9,11-12H2,1-2H3,(H,23,26)(H,24,27)/t13-,18+/m0/s1. The largest absolute Gasteiger partial charge is 0.443 e. The molecular formula is C22H27N3O4. The highest BCUT2D eigenvalue weighted by Crippen LogP contribution is 2.28. The SMILES string of the molecule is Cc1oc([C@H](C)NC(=O)[C@H]2CCCO2)nc1C(=O)Nc1cccc2c1CCCC2. The average molecular weight is 397 g/mol. The van der Waals surface area contributed by atoms with Gasteiger partial charge in [0.2, 0.25) is 11.8 Å². The van der Waals surface area contributed by atoms with Gasteiger partial charge in [0.1, 0.15) is 17.9 Å². The van der Waals surface area contributed by atoms with Crippen molar-refractivity contribution in [3.63, 3.8) is 0 Å². The first kappa shape index (κ1) is 19.6. The van der Waals surface area contributed by atoms with Gasteiger partial charge in [-0.25, -0.2) is 4.98 Å². The van der Waals surface area contributed by atoms with Crippen LogP contribution in [0.3, 0.4) is 0 Å². The van der Waals surface area contributed by atoms with Crippen molar-refractivity contribution in [3.8, 4) is 0 Å². The fraction of sp³-hybridized carbons (Fsp3) is 0.500. The molecule has 7 heteroatoms. The summed E-state index contributed by atoms with van der Waals surface area (Å²) < 4.78 is 11.1. The van der Waals surface area contributed by atoms with E-state index in [0.717, 1.165) is 37.8 Å². The molecule has 1 aromatic carbocycles. The van der Waals surface area contributed by atoms with Crippen molar-refractivity contribution in [1.82, 2.24) is 10.3 Å². The number of nitrogens with one attached hydrogen (secondary N) is 2. The van der Waals surface area contributed by atoms with Crippen LogP contribution in [0.5, 0.6) is 0 Å². The van der Waals surface area contributed by atoms with Crippen molar-refractivity contribution in [2.24, 2.45) is 0 Å². The maximum atomic E-state index is 12.8. The van der Waals surface area contributed by atoms with E-state index in [1.165, 1.54) is 17.5 Å². The second-order valence-corrected chi connectivity index (χ2v) is 7.79. The number of hydrogen-bond acceptors (Lipinski definition) is 5. The quantitative estimate of drug-likeness (QED) is 0.806. The number of benzene rings is 1. The number of amides is 2. The molecule has 1 aromatic heterocycles. The Morgan fingerprint density at radius 2 is 2.03 bits per heavy atom. The van der Waals surface area contributed by atoms with Gasteiger partial charge in [-0.3, -0.25) is 9.59 Å². The second-order valence-electron chi connectivity index (χ2n) is 7.79. The summed E-state index contributed by atoms with van der Waals surface area (Å²) in [6, 6.07) is 5.59. The summed E-state index contributed by atoms with van der Waals surface area (Å²) in [7, 11) is 0. The average Bonchev–Trinajstić information content (AvgIpc) is 3.38. The van der Waals surface area contributed by atoms with Gasteiger partial charge in [-0.15, -0.1) is 0 Å². The molecule has 2 aliphatic rings. The van der Waals surface area contributed by atoms with Crippen LogP contribution >= 0.6 is 0 Å². The van der Waals surface area contributed by atoms with Crippen LogP contribution in [0, 0.1) is 6.92 Å². The number of nitrogens with zero attached hydrogens (tertiary/aromatic N) is 1. The van der Waals surface area contributed by atoms with Crippen LogP contribution in [0.4, 0.5) is 5.69 Å². The predicted octanol–water partition coefficient (Wildman–Crippen LogP) is 3.47. The third-order valence-electron chi connectivity index (χ3n) is 5.62. The molecule has 2 aromatic rings. The molecule has 0 saturated carbocycles. The number of hydrogen-bond donors (Lipinski definition) is 2. The van der Waals surface area contributed by atoms with E-state index in [0.29, 0.717) is 18.3 Å². The van der Waals surface area contributed by atoms with Gasteiger partial charge in [0.15, 0.2) is 5.69 Å². The van der Waals surface area contributed by atoms with Gasteiger partial charge in [-0.1, -0.05) is 12.1 Å². The molecule has 7 nitrogen and oxygen atoms in total. The summed E-state index contributed by atoms with van der Waals surface area (Å²) in [5, 5.41) is 5.85. The van der Waals surface area contributed by atoms with Crippen molar-refractivity contribution in [3.05, 3.63) is 46.7 Å². The van der Waals surface area contributed by atoms with E-state index in [9.17, 15) is 9.59 Å². The van der Waals surface area contributed by atoms with Crippen molar-refractivity contribution >= 4 is 17.5 Å². The molecule has 2 N–H and O–H groups in total. The number of carbonyl (C=O) groups is 2. The Labute approximate surface area is 170 Å². The number of carbonyl (C=O) groups excluding carboxylic acids is 2. The number of rotatable bonds is 5. The summed E-state index contributed by atoms with van der Waals surface area (Å²) in [5.41, 5.74) is 3.60. The van der Waals surface area contributed by atoms with Crippen molar-refractivity contribution in [2.75, 3.05) is 11.9 Å². The summed E-state index contributed by atoms with van der Waals surface area (Å²) in [5.74, 6) is 0.275. The summed E-state index contributed by atoms with van der Waals surface area (Å²) in [6.45, 7) is 4.10. The van der Waals surface area contributed by atoms with Crippen molar-refractivity contribution < 1.29 is 18.7 Å². The fourth-order valence-corrected chi connectivity index (χ4v) is 4.05. The first-order valence-corrected chi connectivity index (χ1v) is 10.3. The highest BCUT2D eigenvalue weighted by Gasteiger charge is 2.27. The van der Waals surface area contributed by atoms with E-state index in [1.807, 2.05) is 12.1 Å². The minimum Gasteiger partial charge on any atom is -0.443 e.